The minimum Gasteiger partial charge on any atom is -0.378 e. The molecule has 2 unspecified atom stereocenters. The predicted octanol–water partition coefficient (Wildman–Crippen LogP) is 2.42. The van der Waals surface area contributed by atoms with Crippen molar-refractivity contribution in [3.05, 3.63) is 18.2 Å². The second kappa shape index (κ2) is 6.90. The van der Waals surface area contributed by atoms with Gasteiger partial charge in [-0.2, -0.15) is 0 Å². The number of ether oxygens (including phenoxy) is 1. The minimum absolute atomic E-state index is 0.313. The summed E-state index contributed by atoms with van der Waals surface area (Å²) in [5.41, 5.74) is 0. The van der Waals surface area contributed by atoms with Gasteiger partial charge in [0.25, 0.3) is 0 Å². The van der Waals surface area contributed by atoms with Gasteiger partial charge in [0, 0.05) is 26.0 Å². The predicted molar refractivity (Wildman–Crippen MR) is 72.5 cm³/mol. The molecule has 0 radical (unpaired) electrons. The molecular formula is C14H25N3O. The van der Waals surface area contributed by atoms with E-state index in [1.165, 1.54) is 19.3 Å². The highest BCUT2D eigenvalue weighted by Gasteiger charge is 2.22. The van der Waals surface area contributed by atoms with Crippen molar-refractivity contribution in [2.24, 2.45) is 7.05 Å². The van der Waals surface area contributed by atoms with Crippen LogP contribution in [0.3, 0.4) is 0 Å². The fraction of sp³-hybridized carbons (Fsp3) is 0.786. The Hall–Kier alpha value is -0.870. The van der Waals surface area contributed by atoms with E-state index in [4.69, 9.17) is 4.74 Å². The van der Waals surface area contributed by atoms with Gasteiger partial charge in [-0.15, -0.1) is 0 Å². The third kappa shape index (κ3) is 3.56. The Morgan fingerprint density at radius 2 is 2.44 bits per heavy atom. The largest absolute Gasteiger partial charge is 0.378 e. The van der Waals surface area contributed by atoms with E-state index in [1.807, 2.05) is 12.4 Å². The van der Waals surface area contributed by atoms with Gasteiger partial charge in [-0.3, -0.25) is 0 Å². The first-order valence-corrected chi connectivity index (χ1v) is 7.13. The normalized spacial score (nSPS) is 22.0. The van der Waals surface area contributed by atoms with Crippen LogP contribution in [0.4, 0.5) is 0 Å². The van der Waals surface area contributed by atoms with Crippen molar-refractivity contribution >= 4 is 0 Å². The topological polar surface area (TPSA) is 39.1 Å². The van der Waals surface area contributed by atoms with Crippen molar-refractivity contribution in [1.82, 2.24) is 14.9 Å². The smallest absolute Gasteiger partial charge is 0.125 e. The van der Waals surface area contributed by atoms with E-state index in [9.17, 15) is 0 Å². The maximum Gasteiger partial charge on any atom is 0.125 e. The van der Waals surface area contributed by atoms with Gasteiger partial charge in [0.2, 0.25) is 0 Å². The fourth-order valence-electron chi connectivity index (χ4n) is 2.57. The molecule has 0 amide bonds. The lowest BCUT2D eigenvalue weighted by Crippen LogP contribution is -2.31. The SMILES string of the molecule is CCCNC(CC1CCCCO1)c1nccn1C. The highest BCUT2D eigenvalue weighted by Crippen LogP contribution is 2.23. The molecule has 2 rings (SSSR count). The monoisotopic (exact) mass is 251 g/mol. The van der Waals surface area contributed by atoms with Crippen LogP contribution in [-0.4, -0.2) is 28.8 Å². The lowest BCUT2D eigenvalue weighted by atomic mass is 10.0. The number of aryl methyl sites for hydroxylation is 1. The van der Waals surface area contributed by atoms with E-state index in [0.717, 1.165) is 31.8 Å². The van der Waals surface area contributed by atoms with Gasteiger partial charge in [0.15, 0.2) is 0 Å². The summed E-state index contributed by atoms with van der Waals surface area (Å²) in [6.07, 6.45) is 10.2. The molecular weight excluding hydrogens is 226 g/mol. The number of imidazole rings is 1. The van der Waals surface area contributed by atoms with Crippen LogP contribution in [0, 0.1) is 0 Å². The third-order valence-electron chi connectivity index (χ3n) is 3.58. The molecule has 4 nitrogen and oxygen atoms in total. The molecule has 1 aliphatic heterocycles. The van der Waals surface area contributed by atoms with Crippen molar-refractivity contribution < 1.29 is 4.74 Å². The minimum atomic E-state index is 0.313. The average Bonchev–Trinajstić information content (AvgIpc) is 2.82. The van der Waals surface area contributed by atoms with E-state index < -0.39 is 0 Å². The van der Waals surface area contributed by atoms with Crippen LogP contribution in [-0.2, 0) is 11.8 Å². The maximum absolute atomic E-state index is 5.85. The Balaban J connectivity index is 1.98. The molecule has 1 fully saturated rings. The van der Waals surface area contributed by atoms with E-state index in [2.05, 4.69) is 28.8 Å². The summed E-state index contributed by atoms with van der Waals surface area (Å²) in [7, 11) is 2.06. The maximum atomic E-state index is 5.85. The van der Waals surface area contributed by atoms with Crippen LogP contribution in [0.1, 0.15) is 50.9 Å². The second-order valence-corrected chi connectivity index (χ2v) is 5.13. The summed E-state index contributed by atoms with van der Waals surface area (Å²) in [6.45, 7) is 4.15. The van der Waals surface area contributed by atoms with Crippen molar-refractivity contribution in [2.45, 2.75) is 51.2 Å². The molecule has 102 valence electrons. The van der Waals surface area contributed by atoms with Gasteiger partial charge >= 0.3 is 0 Å². The number of nitrogens with one attached hydrogen (secondary N) is 1. The third-order valence-corrected chi connectivity index (χ3v) is 3.58. The lowest BCUT2D eigenvalue weighted by Gasteiger charge is -2.27. The molecule has 1 aliphatic rings. The molecule has 0 saturated carbocycles. The first-order valence-electron chi connectivity index (χ1n) is 7.13. The molecule has 2 heterocycles. The Morgan fingerprint density at radius 1 is 1.56 bits per heavy atom. The molecule has 0 spiro atoms. The van der Waals surface area contributed by atoms with E-state index >= 15 is 0 Å². The molecule has 2 atom stereocenters. The van der Waals surface area contributed by atoms with Crippen LogP contribution in [0.2, 0.25) is 0 Å². The standard InChI is InChI=1S/C14H25N3O/c1-3-7-15-13(14-16-8-9-17(14)2)11-12-6-4-5-10-18-12/h8-9,12-13,15H,3-7,10-11H2,1-2H3. The molecule has 18 heavy (non-hydrogen) atoms. The fourth-order valence-corrected chi connectivity index (χ4v) is 2.57. The van der Waals surface area contributed by atoms with Crippen molar-refractivity contribution in [3.8, 4) is 0 Å². The van der Waals surface area contributed by atoms with E-state index in [0.29, 0.717) is 12.1 Å². The van der Waals surface area contributed by atoms with Crippen LogP contribution in [0.15, 0.2) is 12.4 Å². The highest BCUT2D eigenvalue weighted by atomic mass is 16.5. The van der Waals surface area contributed by atoms with Crippen LogP contribution >= 0.6 is 0 Å². The van der Waals surface area contributed by atoms with Gasteiger partial charge in [0.1, 0.15) is 5.82 Å². The van der Waals surface area contributed by atoms with E-state index in [1.54, 1.807) is 0 Å². The van der Waals surface area contributed by atoms with Gasteiger partial charge in [-0.25, -0.2) is 4.98 Å². The second-order valence-electron chi connectivity index (χ2n) is 5.13. The molecule has 0 bridgehead atoms. The van der Waals surface area contributed by atoms with Crippen LogP contribution in [0.25, 0.3) is 0 Å². The zero-order valence-electron chi connectivity index (χ0n) is 11.6. The molecule has 1 saturated heterocycles. The number of hydrogen-bond acceptors (Lipinski definition) is 3. The molecule has 0 aromatic carbocycles. The van der Waals surface area contributed by atoms with Gasteiger partial charge in [0.05, 0.1) is 12.1 Å². The van der Waals surface area contributed by atoms with Crippen LogP contribution in [0.5, 0.6) is 0 Å². The first-order chi connectivity index (χ1) is 8.81. The highest BCUT2D eigenvalue weighted by molar-refractivity contribution is 4.99. The Bertz CT molecular complexity index is 345. The first kappa shape index (κ1) is 13.6. The number of hydrogen-bond donors (Lipinski definition) is 1. The molecule has 4 heteroatoms. The summed E-state index contributed by atoms with van der Waals surface area (Å²) >= 11 is 0. The quantitative estimate of drug-likeness (QED) is 0.844. The van der Waals surface area contributed by atoms with E-state index in [-0.39, 0.29) is 0 Å². The van der Waals surface area contributed by atoms with Gasteiger partial charge in [-0.05, 0) is 38.6 Å². The van der Waals surface area contributed by atoms with Crippen molar-refractivity contribution in [1.29, 1.82) is 0 Å². The molecule has 1 N–H and O–H groups in total. The Morgan fingerprint density at radius 3 is 3.06 bits per heavy atom. The summed E-state index contributed by atoms with van der Waals surface area (Å²) in [4.78, 5) is 4.48. The zero-order valence-corrected chi connectivity index (χ0v) is 11.6. The lowest BCUT2D eigenvalue weighted by molar-refractivity contribution is 0.00437. The number of rotatable bonds is 6. The number of nitrogens with zero attached hydrogens (tertiary/aromatic N) is 2. The number of aromatic nitrogens is 2. The van der Waals surface area contributed by atoms with Gasteiger partial charge in [-0.1, -0.05) is 6.92 Å². The summed E-state index contributed by atoms with van der Waals surface area (Å²) in [5, 5.41) is 3.60. The molecule has 1 aromatic rings. The van der Waals surface area contributed by atoms with Crippen molar-refractivity contribution in [2.75, 3.05) is 13.2 Å². The zero-order chi connectivity index (χ0) is 12.8. The summed E-state index contributed by atoms with van der Waals surface area (Å²) in [6, 6.07) is 0.313. The molecule has 1 aromatic heterocycles. The molecule has 0 aliphatic carbocycles. The summed E-state index contributed by atoms with van der Waals surface area (Å²) < 4.78 is 7.96. The summed E-state index contributed by atoms with van der Waals surface area (Å²) in [5.74, 6) is 1.12. The van der Waals surface area contributed by atoms with Gasteiger partial charge < -0.3 is 14.6 Å². The average molecular weight is 251 g/mol. The Labute approximate surface area is 110 Å². The van der Waals surface area contributed by atoms with Crippen LogP contribution < -0.4 is 5.32 Å². The Kier molecular flexibility index (Phi) is 5.20. The van der Waals surface area contributed by atoms with Crippen molar-refractivity contribution in [3.63, 3.8) is 0 Å².